The van der Waals surface area contributed by atoms with Crippen molar-refractivity contribution in [2.45, 2.75) is 31.7 Å². The molecule has 0 unspecified atom stereocenters. The lowest BCUT2D eigenvalue weighted by Gasteiger charge is -2.34. The van der Waals surface area contributed by atoms with Gasteiger partial charge in [0.15, 0.2) is 11.6 Å². The molecule has 3 aromatic rings. The van der Waals surface area contributed by atoms with E-state index < -0.39 is 5.54 Å². The third-order valence-electron chi connectivity index (χ3n) is 4.21. The lowest BCUT2D eigenvalue weighted by molar-refractivity contribution is 0.229. The van der Waals surface area contributed by atoms with E-state index in [4.69, 9.17) is 14.7 Å². The Morgan fingerprint density at radius 2 is 2.09 bits per heavy atom. The summed E-state index contributed by atoms with van der Waals surface area (Å²) >= 11 is 0. The summed E-state index contributed by atoms with van der Waals surface area (Å²) in [6, 6.07) is 4.39. The van der Waals surface area contributed by atoms with Crippen LogP contribution < -0.4 is 5.73 Å². The number of hydrogen-bond donors (Lipinski definition) is 1. The third-order valence-corrected chi connectivity index (χ3v) is 4.21. The highest BCUT2D eigenvalue weighted by molar-refractivity contribution is 5.86. The molecular formula is C15H15ClFN3O2. The summed E-state index contributed by atoms with van der Waals surface area (Å²) in [6.45, 7) is 1.84. The molecule has 7 heteroatoms. The van der Waals surface area contributed by atoms with Gasteiger partial charge in [0.1, 0.15) is 11.4 Å². The molecule has 0 amide bonds. The number of aryl methyl sites for hydroxylation is 1. The quantitative estimate of drug-likeness (QED) is 0.778. The van der Waals surface area contributed by atoms with E-state index in [-0.39, 0.29) is 24.1 Å². The van der Waals surface area contributed by atoms with Crippen LogP contribution in [0.25, 0.3) is 22.6 Å². The summed E-state index contributed by atoms with van der Waals surface area (Å²) < 4.78 is 24.3. The van der Waals surface area contributed by atoms with Crippen LogP contribution in [0.2, 0.25) is 0 Å². The van der Waals surface area contributed by atoms with Crippen LogP contribution in [0, 0.1) is 12.7 Å². The predicted octanol–water partition coefficient (Wildman–Crippen LogP) is 3.69. The number of halogens is 2. The normalized spacial score (nSPS) is 16.3. The fourth-order valence-electron chi connectivity index (χ4n) is 2.70. The van der Waals surface area contributed by atoms with E-state index in [1.165, 1.54) is 12.1 Å². The second-order valence-electron chi connectivity index (χ2n) is 5.63. The van der Waals surface area contributed by atoms with Gasteiger partial charge in [-0.05, 0) is 44.4 Å². The van der Waals surface area contributed by atoms with Crippen molar-refractivity contribution in [1.29, 1.82) is 0 Å². The molecule has 1 aliphatic carbocycles. The second kappa shape index (κ2) is 5.07. The number of nitrogens with zero attached hydrogens (tertiary/aromatic N) is 2. The zero-order chi connectivity index (χ0) is 14.6. The molecule has 0 bridgehead atoms. The van der Waals surface area contributed by atoms with Gasteiger partial charge in [0.25, 0.3) is 5.89 Å². The Morgan fingerprint density at radius 1 is 1.32 bits per heavy atom. The minimum absolute atomic E-state index is 0. The summed E-state index contributed by atoms with van der Waals surface area (Å²) in [5.41, 5.74) is 7.07. The first-order valence-electron chi connectivity index (χ1n) is 6.89. The van der Waals surface area contributed by atoms with Crippen LogP contribution in [0.4, 0.5) is 4.39 Å². The summed E-state index contributed by atoms with van der Waals surface area (Å²) in [4.78, 5) is 4.36. The van der Waals surface area contributed by atoms with Crippen LogP contribution in [-0.4, -0.2) is 10.1 Å². The van der Waals surface area contributed by atoms with Crippen LogP contribution >= 0.6 is 12.4 Å². The lowest BCUT2D eigenvalue weighted by atomic mass is 9.77. The van der Waals surface area contributed by atoms with Crippen molar-refractivity contribution in [3.63, 3.8) is 0 Å². The van der Waals surface area contributed by atoms with Gasteiger partial charge < -0.3 is 14.7 Å². The number of fused-ring (bicyclic) bond motifs is 1. The summed E-state index contributed by atoms with van der Waals surface area (Å²) in [5, 5.41) is 4.67. The smallest absolute Gasteiger partial charge is 0.294 e. The molecule has 1 saturated carbocycles. The van der Waals surface area contributed by atoms with Gasteiger partial charge in [-0.15, -0.1) is 12.4 Å². The Labute approximate surface area is 132 Å². The van der Waals surface area contributed by atoms with Gasteiger partial charge in [0.2, 0.25) is 0 Å². The van der Waals surface area contributed by atoms with E-state index in [1.54, 1.807) is 6.07 Å². The van der Waals surface area contributed by atoms with Crippen molar-refractivity contribution in [2.75, 3.05) is 0 Å². The number of aromatic nitrogens is 2. The Hall–Kier alpha value is -1.92. The van der Waals surface area contributed by atoms with E-state index in [9.17, 15) is 4.39 Å². The zero-order valence-corrected chi connectivity index (χ0v) is 12.7. The number of rotatable bonds is 2. The molecule has 1 aliphatic rings. The topological polar surface area (TPSA) is 78.1 Å². The van der Waals surface area contributed by atoms with Crippen molar-refractivity contribution in [2.24, 2.45) is 5.73 Å². The highest BCUT2D eigenvalue weighted by Crippen LogP contribution is 2.39. The van der Waals surface area contributed by atoms with E-state index in [0.29, 0.717) is 22.6 Å². The molecule has 116 valence electrons. The maximum Gasteiger partial charge on any atom is 0.294 e. The Bertz CT molecular complexity index is 839. The molecule has 4 rings (SSSR count). The Morgan fingerprint density at radius 3 is 2.77 bits per heavy atom. The van der Waals surface area contributed by atoms with Crippen molar-refractivity contribution >= 4 is 23.4 Å². The highest BCUT2D eigenvalue weighted by Gasteiger charge is 2.39. The number of benzene rings is 1. The zero-order valence-electron chi connectivity index (χ0n) is 11.9. The summed E-state index contributed by atoms with van der Waals surface area (Å²) in [5.74, 6) is 0.961. The Balaban J connectivity index is 0.00000144. The summed E-state index contributed by atoms with van der Waals surface area (Å²) in [6.07, 6.45) is 2.79. The van der Waals surface area contributed by atoms with Crippen molar-refractivity contribution in [1.82, 2.24) is 10.1 Å². The minimum atomic E-state index is -0.478. The van der Waals surface area contributed by atoms with Gasteiger partial charge in [-0.1, -0.05) is 5.16 Å². The molecule has 5 nitrogen and oxygen atoms in total. The maximum absolute atomic E-state index is 13.3. The van der Waals surface area contributed by atoms with Crippen LogP contribution in [-0.2, 0) is 5.54 Å². The van der Waals surface area contributed by atoms with Gasteiger partial charge in [-0.25, -0.2) is 4.39 Å². The third kappa shape index (κ3) is 2.10. The second-order valence-corrected chi connectivity index (χ2v) is 5.63. The van der Waals surface area contributed by atoms with Crippen molar-refractivity contribution < 1.29 is 13.3 Å². The van der Waals surface area contributed by atoms with E-state index >= 15 is 0 Å². The molecule has 0 radical (unpaired) electrons. The summed E-state index contributed by atoms with van der Waals surface area (Å²) in [7, 11) is 0. The molecule has 22 heavy (non-hydrogen) atoms. The molecule has 0 aliphatic heterocycles. The standard InChI is InChI=1S/C15H14FN3O2.ClH/c1-8-10-7-9(16)3-4-11(10)20-12(8)13-18-14(19-21-13)15(17)5-2-6-15;/h3-4,7H,2,5-6,17H2,1H3;1H. The first-order chi connectivity index (χ1) is 10.1. The van der Waals surface area contributed by atoms with Gasteiger partial charge in [-0.3, -0.25) is 0 Å². The molecule has 1 fully saturated rings. The van der Waals surface area contributed by atoms with E-state index in [1.807, 2.05) is 6.92 Å². The molecule has 2 aromatic heterocycles. The van der Waals surface area contributed by atoms with Gasteiger partial charge >= 0.3 is 0 Å². The van der Waals surface area contributed by atoms with Crippen LogP contribution in [0.15, 0.2) is 27.1 Å². The predicted molar refractivity (Wildman–Crippen MR) is 81.2 cm³/mol. The number of nitrogens with two attached hydrogens (primary N) is 1. The van der Waals surface area contributed by atoms with Crippen LogP contribution in [0.1, 0.15) is 30.7 Å². The Kier molecular flexibility index (Phi) is 3.45. The van der Waals surface area contributed by atoms with Gasteiger partial charge in [0, 0.05) is 10.9 Å². The fraction of sp³-hybridized carbons (Fsp3) is 0.333. The van der Waals surface area contributed by atoms with E-state index in [0.717, 1.165) is 24.8 Å². The van der Waals surface area contributed by atoms with E-state index in [2.05, 4.69) is 10.1 Å². The molecular weight excluding hydrogens is 309 g/mol. The first-order valence-corrected chi connectivity index (χ1v) is 6.89. The van der Waals surface area contributed by atoms with Crippen molar-refractivity contribution in [3.05, 3.63) is 35.4 Å². The number of hydrogen-bond acceptors (Lipinski definition) is 5. The van der Waals surface area contributed by atoms with Crippen LogP contribution in [0.5, 0.6) is 0 Å². The molecule has 1 aromatic carbocycles. The molecule has 2 N–H and O–H groups in total. The first kappa shape index (κ1) is 15.0. The SMILES string of the molecule is Cc1c(-c2nc(C3(N)CCC3)no2)oc2ccc(F)cc12.Cl. The van der Waals surface area contributed by atoms with Gasteiger partial charge in [-0.2, -0.15) is 4.98 Å². The molecule has 2 heterocycles. The fourth-order valence-corrected chi connectivity index (χ4v) is 2.70. The van der Waals surface area contributed by atoms with Gasteiger partial charge in [0.05, 0.1) is 5.54 Å². The maximum atomic E-state index is 13.3. The minimum Gasteiger partial charge on any atom is -0.451 e. The highest BCUT2D eigenvalue weighted by atomic mass is 35.5. The monoisotopic (exact) mass is 323 g/mol. The molecule has 0 atom stereocenters. The number of furan rings is 1. The largest absolute Gasteiger partial charge is 0.451 e. The average molecular weight is 324 g/mol. The average Bonchev–Trinajstić information content (AvgIpc) is 3.02. The molecule has 0 spiro atoms. The lowest BCUT2D eigenvalue weighted by Crippen LogP contribution is -2.44. The molecule has 0 saturated heterocycles. The van der Waals surface area contributed by atoms with Crippen molar-refractivity contribution in [3.8, 4) is 11.7 Å². The van der Waals surface area contributed by atoms with Crippen LogP contribution in [0.3, 0.4) is 0 Å².